The first kappa shape index (κ1) is 34.0. The second-order valence-corrected chi connectivity index (χ2v) is 12.8. The average Bonchev–Trinajstić information content (AvgIpc) is 2.98. The highest BCUT2D eigenvalue weighted by Crippen LogP contribution is 2.28. The van der Waals surface area contributed by atoms with Crippen molar-refractivity contribution in [3.8, 4) is 5.75 Å². The van der Waals surface area contributed by atoms with Crippen LogP contribution in [0.15, 0.2) is 84.9 Å². The number of hydrogen-bond acceptors (Lipinski definition) is 5. The summed E-state index contributed by atoms with van der Waals surface area (Å²) < 4.78 is 5.53. The van der Waals surface area contributed by atoms with Gasteiger partial charge in [-0.1, -0.05) is 85.1 Å². The minimum absolute atomic E-state index is 0.0940. The molecule has 0 aromatic heterocycles. The molecule has 2 atom stereocenters. The molecule has 3 amide bonds. The molecule has 0 aliphatic heterocycles. The number of aryl methyl sites for hydroxylation is 2. The topological polar surface area (TPSA) is 108 Å². The van der Waals surface area contributed by atoms with Crippen molar-refractivity contribution in [2.45, 2.75) is 78.5 Å². The average molecular weight is 624 g/mol. The van der Waals surface area contributed by atoms with Crippen LogP contribution >= 0.6 is 0 Å². The molecule has 0 saturated carbocycles. The molecular formula is C38H45N3O5. The van der Waals surface area contributed by atoms with Gasteiger partial charge in [0, 0.05) is 18.7 Å². The van der Waals surface area contributed by atoms with Crippen LogP contribution in [0.2, 0.25) is 0 Å². The maximum Gasteiger partial charge on any atom is 0.408 e. The van der Waals surface area contributed by atoms with E-state index in [0.29, 0.717) is 24.2 Å². The van der Waals surface area contributed by atoms with Gasteiger partial charge in [-0.25, -0.2) is 4.79 Å². The van der Waals surface area contributed by atoms with Crippen LogP contribution in [-0.4, -0.2) is 46.1 Å². The van der Waals surface area contributed by atoms with Crippen LogP contribution < -0.4 is 10.6 Å². The molecule has 3 N–H and O–H groups in total. The number of phenols is 1. The van der Waals surface area contributed by atoms with Gasteiger partial charge in [0.1, 0.15) is 23.4 Å². The Morgan fingerprint density at radius 2 is 1.52 bits per heavy atom. The van der Waals surface area contributed by atoms with Gasteiger partial charge in [-0.15, -0.1) is 0 Å². The van der Waals surface area contributed by atoms with Gasteiger partial charge in [-0.3, -0.25) is 9.59 Å². The molecule has 0 bridgehead atoms. The zero-order valence-corrected chi connectivity index (χ0v) is 27.6. The first-order chi connectivity index (χ1) is 21.8. The second kappa shape index (κ2) is 15.0. The molecule has 0 saturated heterocycles. The number of rotatable bonds is 11. The van der Waals surface area contributed by atoms with E-state index >= 15 is 0 Å². The standard InChI is InChI=1S/C38H45N3O5/c1-7-8-19-41(36(44)33(40-37(45)46-38(4,5)6)23-27-13-17-32(42)18-14-27)34(30-21-25(2)20-26(3)22-30)35(43)39-31-16-15-28-11-9-10-12-29(28)24-31/h9-18,20-22,24,33-34,42H,7-8,19,23H2,1-6H3,(H,39,43)(H,40,45). The summed E-state index contributed by atoms with van der Waals surface area (Å²) in [5.41, 5.74) is 3.18. The number of benzene rings is 4. The number of aromatic hydroxyl groups is 1. The molecule has 8 nitrogen and oxygen atoms in total. The third kappa shape index (κ3) is 9.33. The third-order valence-corrected chi connectivity index (χ3v) is 7.54. The Hall–Kier alpha value is -4.85. The Bertz CT molecular complexity index is 1660. The van der Waals surface area contributed by atoms with Crippen LogP contribution in [0.3, 0.4) is 0 Å². The number of fused-ring (bicyclic) bond motifs is 1. The minimum atomic E-state index is -1.04. The molecule has 0 radical (unpaired) electrons. The lowest BCUT2D eigenvalue weighted by atomic mass is 9.97. The predicted molar refractivity (Wildman–Crippen MR) is 183 cm³/mol. The Labute approximate surface area is 271 Å². The number of anilines is 1. The van der Waals surface area contributed by atoms with Crippen LogP contribution in [0.1, 0.15) is 68.8 Å². The van der Waals surface area contributed by atoms with Gasteiger partial charge in [0.25, 0.3) is 5.91 Å². The lowest BCUT2D eigenvalue weighted by molar-refractivity contribution is -0.140. The van der Waals surface area contributed by atoms with Crippen LogP contribution in [0.4, 0.5) is 10.5 Å². The molecular weight excluding hydrogens is 578 g/mol. The normalized spacial score (nSPS) is 12.7. The van der Waals surface area contributed by atoms with Crippen LogP contribution in [0, 0.1) is 13.8 Å². The number of alkyl carbamates (subject to hydrolysis) is 1. The fraction of sp³-hybridized carbons (Fsp3) is 0.342. The summed E-state index contributed by atoms with van der Waals surface area (Å²) in [4.78, 5) is 43.7. The summed E-state index contributed by atoms with van der Waals surface area (Å²) in [6.45, 7) is 11.5. The van der Waals surface area contributed by atoms with Gasteiger partial charge >= 0.3 is 6.09 Å². The Balaban J connectivity index is 1.77. The highest BCUT2D eigenvalue weighted by molar-refractivity contribution is 6.00. The summed E-state index contributed by atoms with van der Waals surface area (Å²) in [7, 11) is 0. The number of phenolic OH excluding ortho intramolecular Hbond substituents is 1. The second-order valence-electron chi connectivity index (χ2n) is 12.8. The van der Waals surface area contributed by atoms with Gasteiger partial charge < -0.3 is 25.4 Å². The lowest BCUT2D eigenvalue weighted by Crippen LogP contribution is -2.53. The van der Waals surface area contributed by atoms with E-state index in [-0.39, 0.29) is 18.1 Å². The lowest BCUT2D eigenvalue weighted by Gasteiger charge is -2.35. The van der Waals surface area contributed by atoms with E-state index in [2.05, 4.69) is 10.6 Å². The van der Waals surface area contributed by atoms with Gasteiger partial charge in [-0.05, 0) is 87.2 Å². The van der Waals surface area contributed by atoms with Crippen LogP contribution in [0.25, 0.3) is 10.8 Å². The summed E-state index contributed by atoms with van der Waals surface area (Å²) in [6, 6.07) is 24.0. The SMILES string of the molecule is CCCCN(C(=O)C(Cc1ccc(O)cc1)NC(=O)OC(C)(C)C)C(C(=O)Nc1ccc2ccccc2c1)c1cc(C)cc(C)c1. The largest absolute Gasteiger partial charge is 0.508 e. The van der Waals surface area contributed by atoms with Gasteiger partial charge in [0.2, 0.25) is 5.91 Å². The van der Waals surface area contributed by atoms with E-state index in [0.717, 1.165) is 33.9 Å². The first-order valence-corrected chi connectivity index (χ1v) is 15.8. The predicted octanol–water partition coefficient (Wildman–Crippen LogP) is 7.61. The van der Waals surface area contributed by atoms with E-state index in [4.69, 9.17) is 4.74 Å². The van der Waals surface area contributed by atoms with Gasteiger partial charge in [0.05, 0.1) is 0 Å². The van der Waals surface area contributed by atoms with Crippen molar-refractivity contribution in [2.24, 2.45) is 0 Å². The molecule has 4 aromatic rings. The quantitative estimate of drug-likeness (QED) is 0.159. The third-order valence-electron chi connectivity index (χ3n) is 7.54. The molecule has 0 spiro atoms. The van der Waals surface area contributed by atoms with E-state index < -0.39 is 29.7 Å². The molecule has 242 valence electrons. The van der Waals surface area contributed by atoms with Crippen molar-refractivity contribution in [3.05, 3.63) is 107 Å². The summed E-state index contributed by atoms with van der Waals surface area (Å²) in [5.74, 6) is -0.674. The number of carbonyl (C=O) groups is 3. The Morgan fingerprint density at radius 1 is 0.870 bits per heavy atom. The van der Waals surface area contributed by atoms with E-state index in [1.807, 2.05) is 81.4 Å². The van der Waals surface area contributed by atoms with Gasteiger partial charge in [0.15, 0.2) is 0 Å². The smallest absolute Gasteiger partial charge is 0.408 e. The van der Waals surface area contributed by atoms with Crippen molar-refractivity contribution in [1.29, 1.82) is 0 Å². The van der Waals surface area contributed by atoms with Crippen molar-refractivity contribution < 1.29 is 24.2 Å². The summed E-state index contributed by atoms with van der Waals surface area (Å²) >= 11 is 0. The maximum absolute atomic E-state index is 14.7. The molecule has 0 aliphatic carbocycles. The summed E-state index contributed by atoms with van der Waals surface area (Å²) in [5, 5.41) is 17.7. The van der Waals surface area contributed by atoms with Crippen LogP contribution in [-0.2, 0) is 20.7 Å². The number of nitrogens with zero attached hydrogens (tertiary/aromatic N) is 1. The van der Waals surface area contributed by atoms with Crippen molar-refractivity contribution in [1.82, 2.24) is 10.2 Å². The number of unbranched alkanes of at least 4 members (excludes halogenated alkanes) is 1. The molecule has 8 heteroatoms. The van der Waals surface area contributed by atoms with Crippen molar-refractivity contribution in [3.63, 3.8) is 0 Å². The number of ether oxygens (including phenoxy) is 1. The first-order valence-electron chi connectivity index (χ1n) is 15.8. The molecule has 2 unspecified atom stereocenters. The molecule has 0 fully saturated rings. The number of nitrogens with one attached hydrogen (secondary N) is 2. The fourth-order valence-electron chi connectivity index (χ4n) is 5.53. The minimum Gasteiger partial charge on any atom is -0.508 e. The monoisotopic (exact) mass is 623 g/mol. The van der Waals surface area contributed by atoms with Gasteiger partial charge in [-0.2, -0.15) is 0 Å². The molecule has 4 aromatic carbocycles. The summed E-state index contributed by atoms with van der Waals surface area (Å²) in [6.07, 6.45) is 0.836. The maximum atomic E-state index is 14.7. The highest BCUT2D eigenvalue weighted by atomic mass is 16.6. The van der Waals surface area contributed by atoms with Crippen molar-refractivity contribution >= 4 is 34.4 Å². The zero-order valence-electron chi connectivity index (χ0n) is 27.6. The molecule has 46 heavy (non-hydrogen) atoms. The van der Waals surface area contributed by atoms with E-state index in [1.54, 1.807) is 37.8 Å². The van der Waals surface area contributed by atoms with E-state index in [1.165, 1.54) is 12.1 Å². The Kier molecular flexibility index (Phi) is 11.1. The van der Waals surface area contributed by atoms with Crippen LogP contribution in [0.5, 0.6) is 5.75 Å². The number of carbonyl (C=O) groups excluding carboxylic acids is 3. The molecule has 4 rings (SSSR count). The fourth-order valence-corrected chi connectivity index (χ4v) is 5.53. The van der Waals surface area contributed by atoms with Crippen molar-refractivity contribution in [2.75, 3.05) is 11.9 Å². The zero-order chi connectivity index (χ0) is 33.4. The van der Waals surface area contributed by atoms with E-state index in [9.17, 15) is 19.5 Å². The number of amides is 3. The molecule has 0 aliphatic rings. The Morgan fingerprint density at radius 3 is 2.15 bits per heavy atom. The highest BCUT2D eigenvalue weighted by Gasteiger charge is 2.36. The molecule has 0 heterocycles. The number of hydrogen-bond donors (Lipinski definition) is 3.